The Balaban J connectivity index is 1.43. The number of hydrogen-bond donors (Lipinski definition) is 2. The van der Waals surface area contributed by atoms with Crippen LogP contribution in [-0.4, -0.2) is 50.6 Å². The van der Waals surface area contributed by atoms with E-state index in [0.717, 1.165) is 22.6 Å². The number of piperidine rings is 1. The number of benzene rings is 3. The van der Waals surface area contributed by atoms with Crippen molar-refractivity contribution in [1.82, 2.24) is 10.2 Å². The van der Waals surface area contributed by atoms with Gasteiger partial charge in [0.2, 0.25) is 10.0 Å². The van der Waals surface area contributed by atoms with Crippen LogP contribution in [0.25, 0.3) is 0 Å². The number of likely N-dealkylation sites (tertiary alicyclic amines) is 1. The van der Waals surface area contributed by atoms with Crippen LogP contribution in [0.2, 0.25) is 0 Å². The second kappa shape index (κ2) is 13.4. The Morgan fingerprint density at radius 2 is 1.59 bits per heavy atom. The largest absolute Gasteiger partial charge is 0.444 e. The number of carbonyl (C=O) groups is 2. The minimum atomic E-state index is -3.69. The van der Waals surface area contributed by atoms with Gasteiger partial charge in [-0.2, -0.15) is 0 Å². The molecule has 0 bridgehead atoms. The molecule has 1 aliphatic rings. The molecule has 1 aliphatic heterocycles. The summed E-state index contributed by atoms with van der Waals surface area (Å²) in [5.41, 5.74) is 0.854. The van der Waals surface area contributed by atoms with Crippen LogP contribution < -0.4 is 10.0 Å². The number of nitrogens with zero attached hydrogens (tertiary/aromatic N) is 1. The topological polar surface area (TPSA) is 105 Å². The lowest BCUT2D eigenvalue weighted by atomic mass is 9.97. The van der Waals surface area contributed by atoms with Crippen molar-refractivity contribution >= 4 is 39.5 Å². The highest BCUT2D eigenvalue weighted by Gasteiger charge is 2.27. The average molecular weight is 596 g/mol. The van der Waals surface area contributed by atoms with Crippen molar-refractivity contribution in [3.63, 3.8) is 0 Å². The summed E-state index contributed by atoms with van der Waals surface area (Å²) in [6.07, 6.45) is 1.20. The van der Waals surface area contributed by atoms with E-state index in [1.807, 2.05) is 57.2 Å². The van der Waals surface area contributed by atoms with Gasteiger partial charge in [0.05, 0.1) is 11.3 Å². The van der Waals surface area contributed by atoms with Crippen LogP contribution >= 0.6 is 11.8 Å². The first-order valence-corrected chi connectivity index (χ1v) is 16.1. The number of nitrogens with one attached hydrogen (secondary N) is 2. The first-order chi connectivity index (χ1) is 19.5. The van der Waals surface area contributed by atoms with Gasteiger partial charge in [-0.25, -0.2) is 13.2 Å². The molecule has 0 aliphatic carbocycles. The minimum absolute atomic E-state index is 0.169. The molecule has 0 aromatic heterocycles. The average Bonchev–Trinajstić information content (AvgIpc) is 2.92. The summed E-state index contributed by atoms with van der Waals surface area (Å²) < 4.78 is 33.8. The van der Waals surface area contributed by atoms with Gasteiger partial charge < -0.3 is 15.0 Å². The van der Waals surface area contributed by atoms with Crippen molar-refractivity contribution in [3.05, 3.63) is 90.0 Å². The van der Waals surface area contributed by atoms with E-state index in [1.165, 1.54) is 11.8 Å². The van der Waals surface area contributed by atoms with Gasteiger partial charge in [0.25, 0.3) is 5.91 Å². The van der Waals surface area contributed by atoms with E-state index >= 15 is 0 Å². The van der Waals surface area contributed by atoms with Crippen molar-refractivity contribution in [2.75, 3.05) is 24.4 Å². The van der Waals surface area contributed by atoms with E-state index in [1.54, 1.807) is 47.4 Å². The van der Waals surface area contributed by atoms with E-state index in [9.17, 15) is 18.0 Å². The van der Waals surface area contributed by atoms with Gasteiger partial charge in [-0.15, -0.1) is 0 Å². The molecule has 218 valence electrons. The normalized spacial score (nSPS) is 14.4. The molecule has 0 radical (unpaired) electrons. The summed E-state index contributed by atoms with van der Waals surface area (Å²) in [6, 6.07) is 23.7. The quantitative estimate of drug-likeness (QED) is 0.307. The predicted molar refractivity (Wildman–Crippen MR) is 163 cm³/mol. The van der Waals surface area contributed by atoms with Gasteiger partial charge in [-0.1, -0.05) is 60.3 Å². The van der Waals surface area contributed by atoms with Crippen molar-refractivity contribution in [2.45, 2.75) is 54.8 Å². The molecule has 41 heavy (non-hydrogen) atoms. The molecule has 2 N–H and O–H groups in total. The standard InChI is InChI=1S/C31H37N3O5S2/c1-31(2,3)39-30(36)34-18-16-23(17-19-34)21-32-29(35)27-20-25(14-15-28(27)40-26-12-8-5-9-13-26)33-41(37,38)22-24-10-6-4-7-11-24/h4-15,20,23,33H,16-19,21-22H2,1-3H3,(H,32,35). The molecule has 2 amide bonds. The highest BCUT2D eigenvalue weighted by atomic mass is 32.2. The Labute approximate surface area is 246 Å². The van der Waals surface area contributed by atoms with Crippen LogP contribution in [0.4, 0.5) is 10.5 Å². The molecule has 0 saturated carbocycles. The smallest absolute Gasteiger partial charge is 0.410 e. The number of amides is 2. The summed E-state index contributed by atoms with van der Waals surface area (Å²) in [6.45, 7) is 7.15. The second-order valence-corrected chi connectivity index (χ2v) is 13.9. The Morgan fingerprint density at radius 1 is 0.951 bits per heavy atom. The zero-order valence-corrected chi connectivity index (χ0v) is 25.3. The molecule has 1 heterocycles. The van der Waals surface area contributed by atoms with E-state index in [2.05, 4.69) is 10.0 Å². The zero-order chi connectivity index (χ0) is 29.5. The number of hydrogen-bond acceptors (Lipinski definition) is 6. The maximum atomic E-state index is 13.5. The van der Waals surface area contributed by atoms with Crippen molar-refractivity contribution in [3.8, 4) is 0 Å². The molecule has 0 spiro atoms. The molecule has 1 fully saturated rings. The first-order valence-electron chi connectivity index (χ1n) is 13.6. The number of ether oxygens (including phenoxy) is 1. The van der Waals surface area contributed by atoms with Crippen LogP contribution in [0, 0.1) is 5.92 Å². The van der Waals surface area contributed by atoms with E-state index in [-0.39, 0.29) is 23.7 Å². The highest BCUT2D eigenvalue weighted by Crippen LogP contribution is 2.32. The maximum Gasteiger partial charge on any atom is 0.410 e. The van der Waals surface area contributed by atoms with Gasteiger partial charge in [0.1, 0.15) is 5.60 Å². The fraction of sp³-hybridized carbons (Fsp3) is 0.355. The number of rotatable bonds is 9. The molecule has 3 aromatic rings. The van der Waals surface area contributed by atoms with E-state index in [0.29, 0.717) is 36.4 Å². The summed E-state index contributed by atoms with van der Waals surface area (Å²) in [7, 11) is -3.69. The lowest BCUT2D eigenvalue weighted by Gasteiger charge is -2.33. The Hall–Kier alpha value is -3.50. The monoisotopic (exact) mass is 595 g/mol. The van der Waals surface area contributed by atoms with Gasteiger partial charge in [-0.3, -0.25) is 9.52 Å². The highest BCUT2D eigenvalue weighted by molar-refractivity contribution is 7.99. The number of carbonyl (C=O) groups excluding carboxylic acids is 2. The SMILES string of the molecule is CC(C)(C)OC(=O)N1CCC(CNC(=O)c2cc(NS(=O)(=O)Cc3ccccc3)ccc2Sc2ccccc2)CC1. The summed E-state index contributed by atoms with van der Waals surface area (Å²) in [5.74, 6) is -0.227. The lowest BCUT2D eigenvalue weighted by molar-refractivity contribution is 0.0183. The fourth-order valence-electron chi connectivity index (χ4n) is 4.46. The van der Waals surface area contributed by atoms with Crippen LogP contribution in [-0.2, 0) is 20.5 Å². The van der Waals surface area contributed by atoms with Gasteiger partial charge >= 0.3 is 6.09 Å². The lowest BCUT2D eigenvalue weighted by Crippen LogP contribution is -2.43. The Morgan fingerprint density at radius 3 is 2.22 bits per heavy atom. The molecule has 10 heteroatoms. The van der Waals surface area contributed by atoms with Crippen molar-refractivity contribution in [1.29, 1.82) is 0 Å². The molecular formula is C31H37N3O5S2. The summed E-state index contributed by atoms with van der Waals surface area (Å²) >= 11 is 1.45. The molecule has 0 atom stereocenters. The zero-order valence-electron chi connectivity index (χ0n) is 23.6. The second-order valence-electron chi connectivity index (χ2n) is 11.1. The predicted octanol–water partition coefficient (Wildman–Crippen LogP) is 6.16. The number of anilines is 1. The third-order valence-corrected chi connectivity index (χ3v) is 8.83. The maximum absolute atomic E-state index is 13.5. The molecule has 3 aromatic carbocycles. The van der Waals surface area contributed by atoms with Crippen molar-refractivity contribution < 1.29 is 22.7 Å². The van der Waals surface area contributed by atoms with Crippen molar-refractivity contribution in [2.24, 2.45) is 5.92 Å². The Kier molecular flexibility index (Phi) is 9.99. The van der Waals surface area contributed by atoms with Crippen LogP contribution in [0.15, 0.2) is 88.7 Å². The molecule has 4 rings (SSSR count). The fourth-order valence-corrected chi connectivity index (χ4v) is 6.60. The van der Waals surface area contributed by atoms with Gasteiger partial charge in [0, 0.05) is 35.1 Å². The van der Waals surface area contributed by atoms with Crippen LogP contribution in [0.5, 0.6) is 0 Å². The third-order valence-electron chi connectivity index (χ3n) is 6.49. The van der Waals surface area contributed by atoms with E-state index < -0.39 is 15.6 Å². The van der Waals surface area contributed by atoms with Crippen LogP contribution in [0.1, 0.15) is 49.5 Å². The molecule has 1 saturated heterocycles. The molecular weight excluding hydrogens is 558 g/mol. The number of sulfonamides is 1. The third kappa shape index (κ3) is 9.54. The van der Waals surface area contributed by atoms with E-state index in [4.69, 9.17) is 4.74 Å². The van der Waals surface area contributed by atoms with Gasteiger partial charge in [0.15, 0.2) is 0 Å². The molecule has 0 unspecified atom stereocenters. The van der Waals surface area contributed by atoms with Gasteiger partial charge in [-0.05, 0) is 75.4 Å². The summed E-state index contributed by atoms with van der Waals surface area (Å²) in [5, 5.41) is 3.04. The first kappa shape index (κ1) is 30.5. The van der Waals surface area contributed by atoms with Crippen LogP contribution in [0.3, 0.4) is 0 Å². The Bertz CT molecular complexity index is 1430. The summed E-state index contributed by atoms with van der Waals surface area (Å²) in [4.78, 5) is 29.2. The molecule has 8 nitrogen and oxygen atoms in total. The minimum Gasteiger partial charge on any atom is -0.444 e.